The first-order valence-corrected chi connectivity index (χ1v) is 2.52. The van der Waals surface area contributed by atoms with Crippen LogP contribution in [0.4, 0.5) is 4.79 Å². The van der Waals surface area contributed by atoms with Crippen molar-refractivity contribution in [1.82, 2.24) is 10.6 Å². The highest BCUT2D eigenvalue weighted by molar-refractivity contribution is 5.64. The van der Waals surface area contributed by atoms with E-state index < -0.39 is 6.09 Å². The van der Waals surface area contributed by atoms with Crippen molar-refractivity contribution in [3.8, 4) is 0 Å². The molecule has 1 atom stereocenters. The first kappa shape index (κ1) is 5.37. The van der Waals surface area contributed by atoms with Gasteiger partial charge in [0.2, 0.25) is 0 Å². The van der Waals surface area contributed by atoms with Gasteiger partial charge < -0.3 is 10.4 Å². The van der Waals surface area contributed by atoms with Crippen LogP contribution in [-0.2, 0) is 0 Å². The standard InChI is InChI=1S/C4H8N2O2/c7-4(8)6-3-1-2-5-3/h3,5-6H,1-2H2,(H,7,8). The van der Waals surface area contributed by atoms with Crippen molar-refractivity contribution in [3.05, 3.63) is 0 Å². The van der Waals surface area contributed by atoms with E-state index in [2.05, 4.69) is 10.6 Å². The molecule has 3 N–H and O–H groups in total. The normalized spacial score (nSPS) is 26.2. The van der Waals surface area contributed by atoms with Gasteiger partial charge in [-0.25, -0.2) is 4.79 Å². The fourth-order valence-corrected chi connectivity index (χ4v) is 0.561. The SMILES string of the molecule is O=C(O)NC1CCN1. The van der Waals surface area contributed by atoms with E-state index in [1.54, 1.807) is 0 Å². The molecule has 0 bridgehead atoms. The lowest BCUT2D eigenvalue weighted by atomic mass is 10.2. The third-order valence-electron chi connectivity index (χ3n) is 1.12. The molecule has 0 saturated carbocycles. The summed E-state index contributed by atoms with van der Waals surface area (Å²) in [5.41, 5.74) is 0. The van der Waals surface area contributed by atoms with E-state index in [-0.39, 0.29) is 6.17 Å². The van der Waals surface area contributed by atoms with Gasteiger partial charge in [-0.05, 0) is 6.42 Å². The summed E-state index contributed by atoms with van der Waals surface area (Å²) >= 11 is 0. The van der Waals surface area contributed by atoms with E-state index in [0.717, 1.165) is 13.0 Å². The summed E-state index contributed by atoms with van der Waals surface area (Å²) < 4.78 is 0. The minimum Gasteiger partial charge on any atom is -0.465 e. The van der Waals surface area contributed by atoms with Crippen LogP contribution < -0.4 is 10.6 Å². The lowest BCUT2D eigenvalue weighted by molar-refractivity contribution is 0.178. The van der Waals surface area contributed by atoms with E-state index in [1.165, 1.54) is 0 Å². The van der Waals surface area contributed by atoms with Crippen LogP contribution in [0.2, 0.25) is 0 Å². The Labute approximate surface area is 46.9 Å². The van der Waals surface area contributed by atoms with Gasteiger partial charge in [-0.2, -0.15) is 0 Å². The molecule has 0 radical (unpaired) electrons. The Morgan fingerprint density at radius 2 is 2.50 bits per heavy atom. The average Bonchev–Trinajstić information content (AvgIpc) is 1.55. The number of amides is 1. The fraction of sp³-hybridized carbons (Fsp3) is 0.750. The summed E-state index contributed by atoms with van der Waals surface area (Å²) in [6, 6.07) is 0. The van der Waals surface area contributed by atoms with Crippen molar-refractivity contribution < 1.29 is 9.90 Å². The second kappa shape index (κ2) is 2.00. The highest BCUT2D eigenvalue weighted by atomic mass is 16.4. The van der Waals surface area contributed by atoms with Crippen molar-refractivity contribution >= 4 is 6.09 Å². The van der Waals surface area contributed by atoms with Gasteiger partial charge in [0, 0.05) is 6.54 Å². The molecule has 4 heteroatoms. The Bertz CT molecular complexity index is 100. The van der Waals surface area contributed by atoms with E-state index in [1.807, 2.05) is 0 Å². The molecular weight excluding hydrogens is 108 g/mol. The highest BCUT2D eigenvalue weighted by Gasteiger charge is 2.16. The molecule has 46 valence electrons. The Balaban J connectivity index is 2.09. The number of hydrogen-bond donors (Lipinski definition) is 3. The van der Waals surface area contributed by atoms with Crippen LogP contribution in [0.1, 0.15) is 6.42 Å². The van der Waals surface area contributed by atoms with Gasteiger partial charge in [-0.1, -0.05) is 0 Å². The lowest BCUT2D eigenvalue weighted by Crippen LogP contribution is -2.54. The summed E-state index contributed by atoms with van der Waals surface area (Å²) in [5.74, 6) is 0. The van der Waals surface area contributed by atoms with Gasteiger partial charge in [-0.3, -0.25) is 5.32 Å². The first-order chi connectivity index (χ1) is 3.79. The van der Waals surface area contributed by atoms with E-state index >= 15 is 0 Å². The molecule has 1 heterocycles. The highest BCUT2D eigenvalue weighted by Crippen LogP contribution is 1.95. The van der Waals surface area contributed by atoms with Crippen molar-refractivity contribution in [3.63, 3.8) is 0 Å². The van der Waals surface area contributed by atoms with Crippen molar-refractivity contribution in [2.45, 2.75) is 12.6 Å². The molecule has 1 amide bonds. The zero-order valence-corrected chi connectivity index (χ0v) is 4.35. The zero-order valence-electron chi connectivity index (χ0n) is 4.35. The predicted molar refractivity (Wildman–Crippen MR) is 27.6 cm³/mol. The minimum absolute atomic E-state index is 0.00694. The molecule has 1 unspecified atom stereocenters. The maximum Gasteiger partial charge on any atom is 0.405 e. The van der Waals surface area contributed by atoms with Crippen molar-refractivity contribution in [2.24, 2.45) is 0 Å². The Morgan fingerprint density at radius 1 is 1.88 bits per heavy atom. The van der Waals surface area contributed by atoms with Crippen LogP contribution >= 0.6 is 0 Å². The first-order valence-electron chi connectivity index (χ1n) is 2.52. The summed E-state index contributed by atoms with van der Waals surface area (Å²) in [6.07, 6.45) is -0.0403. The predicted octanol–water partition coefficient (Wildman–Crippen LogP) is -0.427. The molecule has 0 aromatic carbocycles. The molecule has 8 heavy (non-hydrogen) atoms. The van der Waals surface area contributed by atoms with Crippen LogP contribution in [0.15, 0.2) is 0 Å². The molecule has 1 aliphatic heterocycles. The lowest BCUT2D eigenvalue weighted by Gasteiger charge is -2.26. The van der Waals surface area contributed by atoms with Gasteiger partial charge in [0.05, 0.1) is 6.17 Å². The van der Waals surface area contributed by atoms with Crippen LogP contribution in [0.25, 0.3) is 0 Å². The summed E-state index contributed by atoms with van der Waals surface area (Å²) in [4.78, 5) is 9.85. The van der Waals surface area contributed by atoms with Crippen molar-refractivity contribution in [2.75, 3.05) is 6.54 Å². The molecule has 1 fully saturated rings. The van der Waals surface area contributed by atoms with E-state index in [4.69, 9.17) is 5.11 Å². The molecule has 1 rings (SSSR count). The molecular formula is C4H8N2O2. The summed E-state index contributed by atoms with van der Waals surface area (Å²) in [7, 11) is 0. The number of rotatable bonds is 1. The molecule has 1 saturated heterocycles. The number of carbonyl (C=O) groups is 1. The van der Waals surface area contributed by atoms with Gasteiger partial charge in [0.1, 0.15) is 0 Å². The minimum atomic E-state index is -0.956. The summed E-state index contributed by atoms with van der Waals surface area (Å²) in [5, 5.41) is 13.3. The third kappa shape index (κ3) is 1.10. The van der Waals surface area contributed by atoms with Crippen LogP contribution in [-0.4, -0.2) is 23.9 Å². The Morgan fingerprint density at radius 3 is 2.62 bits per heavy atom. The number of carboxylic acid groups (broad SMARTS) is 1. The van der Waals surface area contributed by atoms with Gasteiger partial charge in [0.25, 0.3) is 0 Å². The van der Waals surface area contributed by atoms with E-state index in [0.29, 0.717) is 0 Å². The van der Waals surface area contributed by atoms with Gasteiger partial charge >= 0.3 is 6.09 Å². The second-order valence-corrected chi connectivity index (χ2v) is 1.74. The molecule has 4 nitrogen and oxygen atoms in total. The number of nitrogens with one attached hydrogen (secondary N) is 2. The molecule has 1 aliphatic rings. The maximum absolute atomic E-state index is 9.85. The Hall–Kier alpha value is -0.770. The van der Waals surface area contributed by atoms with Gasteiger partial charge in [-0.15, -0.1) is 0 Å². The molecule has 0 aliphatic carbocycles. The maximum atomic E-state index is 9.85. The van der Waals surface area contributed by atoms with Crippen LogP contribution in [0.3, 0.4) is 0 Å². The van der Waals surface area contributed by atoms with E-state index in [9.17, 15) is 4.79 Å². The second-order valence-electron chi connectivity index (χ2n) is 1.74. The Kier molecular flexibility index (Phi) is 1.34. The van der Waals surface area contributed by atoms with Crippen LogP contribution in [0, 0.1) is 0 Å². The van der Waals surface area contributed by atoms with Crippen molar-refractivity contribution in [1.29, 1.82) is 0 Å². The largest absolute Gasteiger partial charge is 0.465 e. The molecule has 0 aromatic heterocycles. The monoisotopic (exact) mass is 116 g/mol. The van der Waals surface area contributed by atoms with Gasteiger partial charge in [0.15, 0.2) is 0 Å². The quantitative estimate of drug-likeness (QED) is 0.435. The topological polar surface area (TPSA) is 61.4 Å². The number of hydrogen-bond acceptors (Lipinski definition) is 2. The fourth-order valence-electron chi connectivity index (χ4n) is 0.561. The summed E-state index contributed by atoms with van der Waals surface area (Å²) in [6.45, 7) is 0.922. The third-order valence-corrected chi connectivity index (χ3v) is 1.12. The van der Waals surface area contributed by atoms with Crippen LogP contribution in [0.5, 0.6) is 0 Å². The smallest absolute Gasteiger partial charge is 0.405 e. The zero-order chi connectivity index (χ0) is 5.98. The molecule has 0 aromatic rings. The molecule has 0 spiro atoms. The average molecular weight is 116 g/mol.